The third-order valence-corrected chi connectivity index (χ3v) is 6.21. The van der Waals surface area contributed by atoms with Crippen LogP contribution in [0.25, 0.3) is 0 Å². The SMILES string of the molecule is CC(C)CCC(CBr)(CBr)C1CCCC1. The number of alkyl halides is 2. The fourth-order valence-electron chi connectivity index (χ4n) is 2.71. The fourth-order valence-corrected chi connectivity index (χ4v) is 5.11. The van der Waals surface area contributed by atoms with Crippen LogP contribution in [-0.2, 0) is 0 Å². The first-order chi connectivity index (χ1) is 7.14. The summed E-state index contributed by atoms with van der Waals surface area (Å²) < 4.78 is 0. The molecule has 2 heteroatoms. The van der Waals surface area contributed by atoms with Crippen LogP contribution in [0.2, 0.25) is 0 Å². The Morgan fingerprint density at radius 1 is 1.13 bits per heavy atom. The van der Waals surface area contributed by atoms with Gasteiger partial charge in [0.1, 0.15) is 0 Å². The molecular formula is C13H24Br2. The predicted molar refractivity (Wildman–Crippen MR) is 76.1 cm³/mol. The van der Waals surface area contributed by atoms with Crippen LogP contribution >= 0.6 is 31.9 Å². The molecule has 1 fully saturated rings. The fraction of sp³-hybridized carbons (Fsp3) is 1.00. The molecule has 0 heterocycles. The van der Waals surface area contributed by atoms with Gasteiger partial charge in [-0.25, -0.2) is 0 Å². The van der Waals surface area contributed by atoms with Gasteiger partial charge in [-0.05, 0) is 36.5 Å². The molecule has 0 unspecified atom stereocenters. The molecule has 0 bridgehead atoms. The quantitative estimate of drug-likeness (QED) is 0.569. The van der Waals surface area contributed by atoms with E-state index >= 15 is 0 Å². The van der Waals surface area contributed by atoms with Crippen molar-refractivity contribution in [1.82, 2.24) is 0 Å². The van der Waals surface area contributed by atoms with Crippen LogP contribution in [0.15, 0.2) is 0 Å². The molecule has 0 amide bonds. The molecule has 0 N–H and O–H groups in total. The van der Waals surface area contributed by atoms with E-state index in [0.29, 0.717) is 5.41 Å². The molecule has 0 spiro atoms. The Kier molecular flexibility index (Phi) is 6.20. The van der Waals surface area contributed by atoms with E-state index in [9.17, 15) is 0 Å². The summed E-state index contributed by atoms with van der Waals surface area (Å²) in [6.07, 6.45) is 8.56. The lowest BCUT2D eigenvalue weighted by Gasteiger charge is -2.37. The van der Waals surface area contributed by atoms with Crippen molar-refractivity contribution in [1.29, 1.82) is 0 Å². The highest BCUT2D eigenvalue weighted by Crippen LogP contribution is 2.46. The highest BCUT2D eigenvalue weighted by atomic mass is 79.9. The second kappa shape index (κ2) is 6.64. The molecule has 15 heavy (non-hydrogen) atoms. The topological polar surface area (TPSA) is 0 Å². The molecule has 1 saturated carbocycles. The van der Waals surface area contributed by atoms with Gasteiger partial charge >= 0.3 is 0 Å². The van der Waals surface area contributed by atoms with Gasteiger partial charge in [0.05, 0.1) is 0 Å². The van der Waals surface area contributed by atoms with E-state index in [2.05, 4.69) is 45.7 Å². The van der Waals surface area contributed by atoms with Crippen LogP contribution in [0, 0.1) is 17.3 Å². The van der Waals surface area contributed by atoms with Crippen LogP contribution in [0.1, 0.15) is 52.4 Å². The summed E-state index contributed by atoms with van der Waals surface area (Å²) in [4.78, 5) is 0. The van der Waals surface area contributed by atoms with Gasteiger partial charge in [0.15, 0.2) is 0 Å². The molecule has 0 saturated heterocycles. The second-order valence-electron chi connectivity index (χ2n) is 5.54. The van der Waals surface area contributed by atoms with Gasteiger partial charge in [-0.2, -0.15) is 0 Å². The van der Waals surface area contributed by atoms with E-state index in [1.165, 1.54) is 49.2 Å². The van der Waals surface area contributed by atoms with Crippen LogP contribution in [0.3, 0.4) is 0 Å². The number of rotatable bonds is 6. The van der Waals surface area contributed by atoms with E-state index in [1.807, 2.05) is 0 Å². The van der Waals surface area contributed by atoms with Crippen molar-refractivity contribution in [2.24, 2.45) is 17.3 Å². The summed E-state index contributed by atoms with van der Waals surface area (Å²) in [6, 6.07) is 0. The van der Waals surface area contributed by atoms with Gasteiger partial charge in [0.2, 0.25) is 0 Å². The maximum Gasteiger partial charge on any atom is 0.00986 e. The monoisotopic (exact) mass is 338 g/mol. The summed E-state index contributed by atoms with van der Waals surface area (Å²) in [5.41, 5.74) is 0.529. The lowest BCUT2D eigenvalue weighted by atomic mass is 9.73. The Morgan fingerprint density at radius 2 is 1.67 bits per heavy atom. The zero-order valence-electron chi connectivity index (χ0n) is 10.1. The van der Waals surface area contributed by atoms with Gasteiger partial charge in [-0.1, -0.05) is 65.0 Å². The van der Waals surface area contributed by atoms with Crippen LogP contribution in [0.5, 0.6) is 0 Å². The molecule has 0 aliphatic heterocycles. The van der Waals surface area contributed by atoms with Crippen LogP contribution in [-0.4, -0.2) is 10.7 Å². The zero-order valence-corrected chi connectivity index (χ0v) is 13.2. The first kappa shape index (κ1) is 14.0. The minimum absolute atomic E-state index is 0.529. The molecule has 1 aliphatic rings. The second-order valence-corrected chi connectivity index (χ2v) is 6.67. The standard InChI is InChI=1S/C13H24Br2/c1-11(2)7-8-13(9-14,10-15)12-5-3-4-6-12/h11-12H,3-10H2,1-2H3. The van der Waals surface area contributed by atoms with Crippen LogP contribution in [0.4, 0.5) is 0 Å². The van der Waals surface area contributed by atoms with E-state index in [0.717, 1.165) is 11.8 Å². The maximum atomic E-state index is 3.76. The highest BCUT2D eigenvalue weighted by Gasteiger charge is 2.37. The smallest absolute Gasteiger partial charge is 0.00986 e. The van der Waals surface area contributed by atoms with Crippen molar-refractivity contribution in [3.8, 4) is 0 Å². The Morgan fingerprint density at radius 3 is 2.07 bits per heavy atom. The van der Waals surface area contributed by atoms with E-state index < -0.39 is 0 Å². The van der Waals surface area contributed by atoms with Crippen molar-refractivity contribution >= 4 is 31.9 Å². The average molecular weight is 340 g/mol. The summed E-state index contributed by atoms with van der Waals surface area (Å²) in [7, 11) is 0. The first-order valence-corrected chi connectivity index (χ1v) is 8.51. The molecule has 0 aromatic rings. The summed E-state index contributed by atoms with van der Waals surface area (Å²) >= 11 is 7.53. The Hall–Kier alpha value is 0.960. The van der Waals surface area contributed by atoms with E-state index in [-0.39, 0.29) is 0 Å². The normalized spacial score (nSPS) is 19.0. The van der Waals surface area contributed by atoms with E-state index in [4.69, 9.17) is 0 Å². The van der Waals surface area contributed by atoms with Gasteiger partial charge in [0.25, 0.3) is 0 Å². The molecule has 0 aromatic carbocycles. The van der Waals surface area contributed by atoms with Crippen molar-refractivity contribution in [2.75, 3.05) is 10.7 Å². The Bertz CT molecular complexity index is 167. The molecule has 0 atom stereocenters. The third-order valence-electron chi connectivity index (χ3n) is 3.97. The van der Waals surface area contributed by atoms with Gasteiger partial charge in [-0.3, -0.25) is 0 Å². The number of halogens is 2. The van der Waals surface area contributed by atoms with Crippen molar-refractivity contribution in [2.45, 2.75) is 52.4 Å². The minimum atomic E-state index is 0.529. The Labute approximate surface area is 112 Å². The summed E-state index contributed by atoms with van der Waals surface area (Å²) in [5.74, 6) is 1.79. The average Bonchev–Trinajstić information content (AvgIpc) is 2.74. The van der Waals surface area contributed by atoms with E-state index in [1.54, 1.807) is 0 Å². The zero-order chi connectivity index (χ0) is 11.3. The maximum absolute atomic E-state index is 3.76. The largest absolute Gasteiger partial charge is 0.0922 e. The predicted octanol–water partition coefficient (Wildman–Crippen LogP) is 5.39. The lowest BCUT2D eigenvalue weighted by Crippen LogP contribution is -2.33. The summed E-state index contributed by atoms with van der Waals surface area (Å²) in [5, 5.41) is 2.34. The van der Waals surface area contributed by atoms with Crippen LogP contribution < -0.4 is 0 Å². The number of hydrogen-bond acceptors (Lipinski definition) is 0. The number of hydrogen-bond donors (Lipinski definition) is 0. The van der Waals surface area contributed by atoms with Crippen molar-refractivity contribution < 1.29 is 0 Å². The first-order valence-electron chi connectivity index (χ1n) is 6.26. The summed E-state index contributed by atoms with van der Waals surface area (Å²) in [6.45, 7) is 4.67. The molecular weight excluding hydrogens is 316 g/mol. The van der Waals surface area contributed by atoms with Gasteiger partial charge in [0, 0.05) is 10.7 Å². The minimum Gasteiger partial charge on any atom is -0.0922 e. The lowest BCUT2D eigenvalue weighted by molar-refractivity contribution is 0.202. The molecule has 0 aromatic heterocycles. The molecule has 0 nitrogen and oxygen atoms in total. The third kappa shape index (κ3) is 3.73. The molecule has 1 rings (SSSR count). The van der Waals surface area contributed by atoms with Crippen molar-refractivity contribution in [3.63, 3.8) is 0 Å². The van der Waals surface area contributed by atoms with Gasteiger partial charge < -0.3 is 0 Å². The van der Waals surface area contributed by atoms with Crippen molar-refractivity contribution in [3.05, 3.63) is 0 Å². The Balaban J connectivity index is 2.58. The molecule has 1 aliphatic carbocycles. The molecule has 0 radical (unpaired) electrons. The van der Waals surface area contributed by atoms with Gasteiger partial charge in [-0.15, -0.1) is 0 Å². The molecule has 90 valence electrons. The highest BCUT2D eigenvalue weighted by molar-refractivity contribution is 9.09.